The minimum absolute atomic E-state index is 0.0291. The van der Waals surface area contributed by atoms with Gasteiger partial charge >= 0.3 is 5.97 Å². The molecular formula is C11H21N3O4S2. The molecule has 0 aliphatic heterocycles. The number of carboxylic acid groups (broad SMARTS) is 1. The van der Waals surface area contributed by atoms with Crippen molar-refractivity contribution in [3.63, 3.8) is 0 Å². The van der Waals surface area contributed by atoms with Crippen molar-refractivity contribution < 1.29 is 19.5 Å². The third kappa shape index (κ3) is 6.02. The number of nitrogens with two attached hydrogens (primary N) is 1. The van der Waals surface area contributed by atoms with E-state index in [1.807, 2.05) is 0 Å². The highest BCUT2D eigenvalue weighted by molar-refractivity contribution is 7.80. The van der Waals surface area contributed by atoms with Gasteiger partial charge in [0, 0.05) is 11.5 Å². The maximum absolute atomic E-state index is 11.9. The fourth-order valence-corrected chi connectivity index (χ4v) is 1.75. The van der Waals surface area contributed by atoms with Gasteiger partial charge in [0.15, 0.2) is 0 Å². The van der Waals surface area contributed by atoms with Crippen LogP contribution in [0, 0.1) is 5.92 Å². The summed E-state index contributed by atoms with van der Waals surface area (Å²) in [5, 5.41) is 13.8. The fourth-order valence-electron chi connectivity index (χ4n) is 1.32. The first-order chi connectivity index (χ1) is 9.24. The molecule has 0 aliphatic rings. The number of aliphatic carboxylic acids is 1. The molecule has 20 heavy (non-hydrogen) atoms. The van der Waals surface area contributed by atoms with E-state index in [9.17, 15) is 14.4 Å². The zero-order chi connectivity index (χ0) is 15.9. The quantitative estimate of drug-likeness (QED) is 0.316. The van der Waals surface area contributed by atoms with Crippen molar-refractivity contribution in [3.8, 4) is 0 Å². The van der Waals surface area contributed by atoms with Crippen LogP contribution >= 0.6 is 25.3 Å². The van der Waals surface area contributed by atoms with E-state index in [1.54, 1.807) is 13.8 Å². The molecule has 0 aliphatic carbocycles. The maximum Gasteiger partial charge on any atom is 0.326 e. The van der Waals surface area contributed by atoms with Gasteiger partial charge in [-0.2, -0.15) is 25.3 Å². The van der Waals surface area contributed by atoms with Crippen molar-refractivity contribution in [2.45, 2.75) is 32.0 Å². The smallest absolute Gasteiger partial charge is 0.326 e. The summed E-state index contributed by atoms with van der Waals surface area (Å²) in [7, 11) is 0. The average Bonchev–Trinajstić information content (AvgIpc) is 2.39. The zero-order valence-electron chi connectivity index (χ0n) is 11.4. The van der Waals surface area contributed by atoms with Gasteiger partial charge in [-0.15, -0.1) is 0 Å². The number of hydrogen-bond donors (Lipinski definition) is 6. The Morgan fingerprint density at radius 2 is 1.65 bits per heavy atom. The molecule has 0 rings (SSSR count). The Kier molecular flexibility index (Phi) is 8.67. The normalized spacial score (nSPS) is 15.3. The van der Waals surface area contributed by atoms with Crippen LogP contribution in [0.15, 0.2) is 0 Å². The molecule has 0 saturated heterocycles. The molecule has 3 atom stereocenters. The summed E-state index contributed by atoms with van der Waals surface area (Å²) in [6, 6.07) is -2.81. The summed E-state index contributed by atoms with van der Waals surface area (Å²) in [6.07, 6.45) is 0. The lowest BCUT2D eigenvalue weighted by Gasteiger charge is -2.23. The summed E-state index contributed by atoms with van der Waals surface area (Å²) in [5.41, 5.74) is 5.48. The number of hydrogen-bond acceptors (Lipinski definition) is 6. The fraction of sp³-hybridized carbons (Fsp3) is 0.727. The SMILES string of the molecule is CC(C)C(NC(=O)C(CS)NC(=O)C(N)CS)C(=O)O. The minimum atomic E-state index is -1.13. The van der Waals surface area contributed by atoms with Gasteiger partial charge in [-0.3, -0.25) is 9.59 Å². The largest absolute Gasteiger partial charge is 0.480 e. The molecule has 0 aromatic heterocycles. The van der Waals surface area contributed by atoms with Gasteiger partial charge in [0.1, 0.15) is 12.1 Å². The molecule has 3 unspecified atom stereocenters. The van der Waals surface area contributed by atoms with Crippen LogP contribution < -0.4 is 16.4 Å². The van der Waals surface area contributed by atoms with Crippen molar-refractivity contribution in [1.82, 2.24) is 10.6 Å². The number of carboxylic acids is 1. The van der Waals surface area contributed by atoms with Crippen LogP contribution in [0.4, 0.5) is 0 Å². The average molecular weight is 323 g/mol. The van der Waals surface area contributed by atoms with E-state index in [4.69, 9.17) is 10.8 Å². The molecule has 0 radical (unpaired) electrons. The molecule has 0 aromatic rings. The van der Waals surface area contributed by atoms with E-state index in [1.165, 1.54) is 0 Å². The van der Waals surface area contributed by atoms with E-state index >= 15 is 0 Å². The zero-order valence-corrected chi connectivity index (χ0v) is 13.2. The number of nitrogens with one attached hydrogen (secondary N) is 2. The van der Waals surface area contributed by atoms with Crippen LogP contribution in [-0.4, -0.2) is 52.5 Å². The Morgan fingerprint density at radius 1 is 1.10 bits per heavy atom. The van der Waals surface area contributed by atoms with Gasteiger partial charge in [-0.05, 0) is 5.92 Å². The third-order valence-corrected chi connectivity index (χ3v) is 3.34. The third-order valence-electron chi connectivity index (χ3n) is 2.58. The first-order valence-corrected chi connectivity index (χ1v) is 7.31. The highest BCUT2D eigenvalue weighted by atomic mass is 32.1. The minimum Gasteiger partial charge on any atom is -0.480 e. The van der Waals surface area contributed by atoms with Gasteiger partial charge in [0.05, 0.1) is 6.04 Å². The molecule has 0 spiro atoms. The van der Waals surface area contributed by atoms with Crippen LogP contribution in [0.1, 0.15) is 13.8 Å². The second-order valence-corrected chi connectivity index (χ2v) is 5.33. The van der Waals surface area contributed by atoms with Gasteiger partial charge in [0.2, 0.25) is 11.8 Å². The Balaban J connectivity index is 4.70. The lowest BCUT2D eigenvalue weighted by atomic mass is 10.0. The van der Waals surface area contributed by atoms with Crippen molar-refractivity contribution in [2.24, 2.45) is 11.7 Å². The van der Waals surface area contributed by atoms with Crippen LogP contribution in [0.2, 0.25) is 0 Å². The first kappa shape index (κ1) is 19.1. The molecule has 2 amide bonds. The Bertz CT molecular complexity index is 366. The highest BCUT2D eigenvalue weighted by Gasteiger charge is 2.28. The topological polar surface area (TPSA) is 122 Å². The van der Waals surface area contributed by atoms with Crippen molar-refractivity contribution in [3.05, 3.63) is 0 Å². The Morgan fingerprint density at radius 3 is 2.00 bits per heavy atom. The number of carbonyl (C=O) groups excluding carboxylic acids is 2. The first-order valence-electron chi connectivity index (χ1n) is 6.05. The van der Waals surface area contributed by atoms with Crippen LogP contribution in [-0.2, 0) is 14.4 Å². The van der Waals surface area contributed by atoms with Gasteiger partial charge in [-0.25, -0.2) is 4.79 Å². The molecule has 0 heterocycles. The second-order valence-electron chi connectivity index (χ2n) is 4.60. The summed E-state index contributed by atoms with van der Waals surface area (Å²) in [4.78, 5) is 34.5. The molecular weight excluding hydrogens is 302 g/mol. The summed E-state index contributed by atoms with van der Waals surface area (Å²) in [6.45, 7) is 3.34. The van der Waals surface area contributed by atoms with Crippen LogP contribution in [0.25, 0.3) is 0 Å². The lowest BCUT2D eigenvalue weighted by Crippen LogP contribution is -2.56. The molecule has 0 bridgehead atoms. The van der Waals surface area contributed by atoms with E-state index in [0.717, 1.165) is 0 Å². The highest BCUT2D eigenvalue weighted by Crippen LogP contribution is 2.03. The maximum atomic E-state index is 11.9. The predicted octanol–water partition coefficient (Wildman–Crippen LogP) is -1.12. The monoisotopic (exact) mass is 323 g/mol. The standard InChI is InChI=1S/C11H21N3O4S2/c1-5(2)8(11(17)18)14-10(16)7(4-20)13-9(15)6(12)3-19/h5-8,19-20H,3-4,12H2,1-2H3,(H,13,15)(H,14,16)(H,17,18). The summed E-state index contributed by atoms with van der Waals surface area (Å²) in [5.74, 6) is -2.40. The summed E-state index contributed by atoms with van der Waals surface area (Å²) >= 11 is 7.85. The Labute approximate surface area is 128 Å². The molecule has 0 fully saturated rings. The summed E-state index contributed by atoms with van der Waals surface area (Å²) < 4.78 is 0. The number of rotatable bonds is 8. The van der Waals surface area contributed by atoms with E-state index in [0.29, 0.717) is 0 Å². The van der Waals surface area contributed by atoms with Gasteiger partial charge < -0.3 is 21.5 Å². The van der Waals surface area contributed by atoms with Crippen LogP contribution in [0.5, 0.6) is 0 Å². The molecule has 0 saturated carbocycles. The van der Waals surface area contributed by atoms with Crippen molar-refractivity contribution >= 4 is 43.0 Å². The molecule has 5 N–H and O–H groups in total. The number of carbonyl (C=O) groups is 3. The van der Waals surface area contributed by atoms with E-state index in [2.05, 4.69) is 35.9 Å². The van der Waals surface area contributed by atoms with Gasteiger partial charge in [0.25, 0.3) is 0 Å². The molecule has 0 aromatic carbocycles. The van der Waals surface area contributed by atoms with Crippen LogP contribution in [0.3, 0.4) is 0 Å². The predicted molar refractivity (Wildman–Crippen MR) is 82.0 cm³/mol. The van der Waals surface area contributed by atoms with E-state index in [-0.39, 0.29) is 17.4 Å². The molecule has 7 nitrogen and oxygen atoms in total. The van der Waals surface area contributed by atoms with E-state index < -0.39 is 35.9 Å². The Hall–Kier alpha value is -0.930. The van der Waals surface area contributed by atoms with Gasteiger partial charge in [-0.1, -0.05) is 13.8 Å². The lowest BCUT2D eigenvalue weighted by molar-refractivity contribution is -0.143. The van der Waals surface area contributed by atoms with Crippen molar-refractivity contribution in [2.75, 3.05) is 11.5 Å². The second kappa shape index (κ2) is 9.09. The molecule has 9 heteroatoms. The number of thiol groups is 2. The van der Waals surface area contributed by atoms with Crippen molar-refractivity contribution in [1.29, 1.82) is 0 Å². The molecule has 116 valence electrons. The number of amides is 2.